The molecule has 0 heterocycles. The van der Waals surface area contributed by atoms with E-state index in [1.54, 1.807) is 6.20 Å². The van der Waals surface area contributed by atoms with Crippen LogP contribution < -0.4 is 11.5 Å². The minimum Gasteiger partial charge on any atom is -0.404 e. The maximum Gasteiger partial charge on any atom is 0.00819 e. The van der Waals surface area contributed by atoms with Gasteiger partial charge in [-0.1, -0.05) is 13.8 Å². The second kappa shape index (κ2) is 4.06. The van der Waals surface area contributed by atoms with E-state index in [1.807, 2.05) is 13.8 Å². The molecule has 11 heavy (non-hydrogen) atoms. The summed E-state index contributed by atoms with van der Waals surface area (Å²) in [6.45, 7) is 8.09. The molecule has 0 atom stereocenters. The summed E-state index contributed by atoms with van der Waals surface area (Å²) in [5.74, 6) is 0.443. The largest absolute Gasteiger partial charge is 0.404 e. The summed E-state index contributed by atoms with van der Waals surface area (Å²) < 4.78 is 0. The van der Waals surface area contributed by atoms with Crippen LogP contribution in [0.25, 0.3) is 0 Å². The van der Waals surface area contributed by atoms with Gasteiger partial charge in [-0.2, -0.15) is 0 Å². The number of allylic oxidation sites excluding steroid dienone is 3. The third kappa shape index (κ3) is 2.66. The Morgan fingerprint density at radius 1 is 1.27 bits per heavy atom. The van der Waals surface area contributed by atoms with Crippen molar-refractivity contribution in [3.63, 3.8) is 0 Å². The zero-order valence-electron chi connectivity index (χ0n) is 7.81. The lowest BCUT2D eigenvalue weighted by molar-refractivity contribution is 0.770. The van der Waals surface area contributed by atoms with Crippen molar-refractivity contribution < 1.29 is 0 Å². The van der Waals surface area contributed by atoms with Gasteiger partial charge < -0.3 is 11.5 Å². The molecule has 64 valence electrons. The molecule has 0 bridgehead atoms. The maximum atomic E-state index is 5.63. The first kappa shape index (κ1) is 10.1. The number of hydrogen-bond donors (Lipinski definition) is 2. The van der Waals surface area contributed by atoms with Crippen molar-refractivity contribution in [1.82, 2.24) is 0 Å². The Bertz CT molecular complexity index is 184. The first-order valence-electron chi connectivity index (χ1n) is 3.85. The molecule has 0 aromatic rings. The summed E-state index contributed by atoms with van der Waals surface area (Å²) in [6.07, 6.45) is 1.64. The van der Waals surface area contributed by atoms with Gasteiger partial charge in [-0.05, 0) is 37.1 Å². The number of nitrogens with two attached hydrogens (primary N) is 2. The highest BCUT2D eigenvalue weighted by molar-refractivity contribution is 5.32. The third-order valence-electron chi connectivity index (χ3n) is 1.83. The van der Waals surface area contributed by atoms with E-state index in [4.69, 9.17) is 11.5 Å². The Labute approximate surface area is 69.0 Å². The molecule has 0 amide bonds. The first-order valence-corrected chi connectivity index (χ1v) is 3.85. The van der Waals surface area contributed by atoms with Gasteiger partial charge in [0.2, 0.25) is 0 Å². The average molecular weight is 154 g/mol. The van der Waals surface area contributed by atoms with Gasteiger partial charge in [0.1, 0.15) is 0 Å². The van der Waals surface area contributed by atoms with Crippen molar-refractivity contribution in [2.24, 2.45) is 17.4 Å². The van der Waals surface area contributed by atoms with Gasteiger partial charge in [-0.25, -0.2) is 0 Å². The summed E-state index contributed by atoms with van der Waals surface area (Å²) in [4.78, 5) is 0. The Morgan fingerprint density at radius 2 is 1.73 bits per heavy atom. The van der Waals surface area contributed by atoms with Crippen LogP contribution in [0.5, 0.6) is 0 Å². The Hall–Kier alpha value is -0.920. The van der Waals surface area contributed by atoms with Crippen LogP contribution in [0.4, 0.5) is 0 Å². The molecule has 0 radical (unpaired) electrons. The molecular formula is C9H18N2. The van der Waals surface area contributed by atoms with E-state index in [-0.39, 0.29) is 0 Å². The molecule has 2 heteroatoms. The maximum absolute atomic E-state index is 5.63. The van der Waals surface area contributed by atoms with Gasteiger partial charge >= 0.3 is 0 Å². The highest BCUT2D eigenvalue weighted by Crippen LogP contribution is 2.18. The molecule has 2 nitrogen and oxygen atoms in total. The summed E-state index contributed by atoms with van der Waals surface area (Å²) >= 11 is 0. The zero-order valence-corrected chi connectivity index (χ0v) is 7.81. The molecule has 0 aliphatic rings. The Balaban J connectivity index is 4.70. The van der Waals surface area contributed by atoms with E-state index >= 15 is 0 Å². The molecule has 0 aromatic heterocycles. The molecule has 0 aromatic carbocycles. The highest BCUT2D eigenvalue weighted by Gasteiger charge is 2.05. The van der Waals surface area contributed by atoms with Crippen LogP contribution in [0.15, 0.2) is 23.0 Å². The average Bonchev–Trinajstić information content (AvgIpc) is 1.88. The predicted molar refractivity (Wildman–Crippen MR) is 49.7 cm³/mol. The molecule has 0 aliphatic heterocycles. The van der Waals surface area contributed by atoms with Crippen molar-refractivity contribution in [2.45, 2.75) is 27.7 Å². The minimum atomic E-state index is 0.443. The Morgan fingerprint density at radius 3 is 1.82 bits per heavy atom. The molecular weight excluding hydrogens is 136 g/mol. The van der Waals surface area contributed by atoms with Gasteiger partial charge in [0.15, 0.2) is 0 Å². The predicted octanol–water partition coefficient (Wildman–Crippen LogP) is 1.74. The van der Waals surface area contributed by atoms with Crippen molar-refractivity contribution in [3.05, 3.63) is 23.0 Å². The fraction of sp³-hybridized carbons (Fsp3) is 0.556. The lowest BCUT2D eigenvalue weighted by Gasteiger charge is -2.12. The second-order valence-corrected chi connectivity index (χ2v) is 3.08. The molecule has 0 aliphatic carbocycles. The van der Waals surface area contributed by atoms with Crippen LogP contribution in [0.1, 0.15) is 27.7 Å². The summed E-state index contributed by atoms with van der Waals surface area (Å²) in [7, 11) is 0. The molecule has 0 saturated heterocycles. The molecule has 0 unspecified atom stereocenters. The lowest BCUT2D eigenvalue weighted by atomic mass is 9.96. The molecule has 0 fully saturated rings. The normalized spacial score (nSPS) is 15.2. The van der Waals surface area contributed by atoms with Gasteiger partial charge in [0.05, 0.1) is 0 Å². The topological polar surface area (TPSA) is 52.0 Å². The monoisotopic (exact) mass is 154 g/mol. The van der Waals surface area contributed by atoms with Gasteiger partial charge in [0, 0.05) is 5.70 Å². The summed E-state index contributed by atoms with van der Waals surface area (Å²) in [6, 6.07) is 0. The van der Waals surface area contributed by atoms with Crippen molar-refractivity contribution in [3.8, 4) is 0 Å². The van der Waals surface area contributed by atoms with Crippen molar-refractivity contribution in [2.75, 3.05) is 0 Å². The smallest absolute Gasteiger partial charge is 0.00819 e. The van der Waals surface area contributed by atoms with E-state index in [0.29, 0.717) is 5.92 Å². The van der Waals surface area contributed by atoms with E-state index in [1.165, 1.54) is 0 Å². The first-order chi connectivity index (χ1) is 5.00. The molecule has 0 saturated carbocycles. The van der Waals surface area contributed by atoms with E-state index in [9.17, 15) is 0 Å². The van der Waals surface area contributed by atoms with Crippen LogP contribution in [0.3, 0.4) is 0 Å². The fourth-order valence-corrected chi connectivity index (χ4v) is 0.978. The number of hydrogen-bond acceptors (Lipinski definition) is 2. The molecule has 0 spiro atoms. The van der Waals surface area contributed by atoms with E-state index < -0.39 is 0 Å². The summed E-state index contributed by atoms with van der Waals surface area (Å²) in [5.41, 5.74) is 14.2. The van der Waals surface area contributed by atoms with E-state index in [0.717, 1.165) is 16.8 Å². The lowest BCUT2D eigenvalue weighted by Crippen LogP contribution is -2.05. The van der Waals surface area contributed by atoms with E-state index in [2.05, 4.69) is 13.8 Å². The summed E-state index contributed by atoms with van der Waals surface area (Å²) in [5, 5.41) is 0. The quantitative estimate of drug-likeness (QED) is 0.595. The standard InChI is InChI=1S/C9H18N2/c1-6(2)9(5-10)7(3)8(4)11/h5-6H,10-11H2,1-4H3/b8-7-,9-5-. The molecule has 4 N–H and O–H groups in total. The van der Waals surface area contributed by atoms with Crippen LogP contribution in [-0.2, 0) is 0 Å². The molecule has 0 rings (SSSR count). The fourth-order valence-electron chi connectivity index (χ4n) is 0.978. The van der Waals surface area contributed by atoms with Gasteiger partial charge in [0.25, 0.3) is 0 Å². The number of rotatable bonds is 2. The van der Waals surface area contributed by atoms with Crippen LogP contribution in [-0.4, -0.2) is 0 Å². The Kier molecular flexibility index (Phi) is 3.72. The van der Waals surface area contributed by atoms with Crippen molar-refractivity contribution in [1.29, 1.82) is 0 Å². The zero-order chi connectivity index (χ0) is 9.02. The van der Waals surface area contributed by atoms with Crippen LogP contribution >= 0.6 is 0 Å². The van der Waals surface area contributed by atoms with Gasteiger partial charge in [-0.3, -0.25) is 0 Å². The van der Waals surface area contributed by atoms with Gasteiger partial charge in [-0.15, -0.1) is 0 Å². The van der Waals surface area contributed by atoms with Crippen molar-refractivity contribution >= 4 is 0 Å². The van der Waals surface area contributed by atoms with Crippen LogP contribution in [0.2, 0.25) is 0 Å². The minimum absolute atomic E-state index is 0.443. The SMILES string of the molecule is C/C(N)=C(C)/C(=C\N)C(C)C. The second-order valence-electron chi connectivity index (χ2n) is 3.08. The van der Waals surface area contributed by atoms with Crippen LogP contribution in [0, 0.1) is 5.92 Å². The third-order valence-corrected chi connectivity index (χ3v) is 1.83. The highest BCUT2D eigenvalue weighted by atomic mass is 14.6.